The number of nitrogens with one attached hydrogen (secondary N) is 1. The lowest BCUT2D eigenvalue weighted by Crippen LogP contribution is -2.38. The molecule has 1 aliphatic carbocycles. The number of amides is 1. The van der Waals surface area contributed by atoms with E-state index in [1.54, 1.807) is 24.3 Å². The number of hydrogen-bond acceptors (Lipinski definition) is 5. The Morgan fingerprint density at radius 3 is 2.45 bits per heavy atom. The number of rotatable bonds is 6. The first-order chi connectivity index (χ1) is 14.1. The van der Waals surface area contributed by atoms with Gasteiger partial charge in [0.2, 0.25) is 0 Å². The van der Waals surface area contributed by atoms with Gasteiger partial charge in [-0.25, -0.2) is 9.48 Å². The Hall–Kier alpha value is -2.70. The zero-order valence-corrected chi connectivity index (χ0v) is 17.0. The third-order valence-electron chi connectivity index (χ3n) is 5.30. The number of carbonyl (C=O) groups is 2. The summed E-state index contributed by atoms with van der Waals surface area (Å²) >= 11 is 0. The van der Waals surface area contributed by atoms with Crippen molar-refractivity contribution in [3.63, 3.8) is 0 Å². The van der Waals surface area contributed by atoms with E-state index >= 15 is 0 Å². The molecule has 1 heterocycles. The van der Waals surface area contributed by atoms with E-state index in [9.17, 15) is 14.4 Å². The number of aryl methyl sites for hydroxylation is 1. The Bertz CT molecular complexity index is 914. The molecule has 1 aromatic carbocycles. The van der Waals surface area contributed by atoms with Gasteiger partial charge in [-0.1, -0.05) is 57.2 Å². The quantitative estimate of drug-likeness (QED) is 0.754. The Morgan fingerprint density at radius 2 is 1.76 bits per heavy atom. The Morgan fingerprint density at radius 1 is 1.10 bits per heavy atom. The maximum atomic E-state index is 12.6. The molecule has 3 rings (SSSR count). The monoisotopic (exact) mass is 399 g/mol. The van der Waals surface area contributed by atoms with E-state index in [4.69, 9.17) is 4.74 Å². The van der Waals surface area contributed by atoms with Crippen molar-refractivity contribution in [3.05, 3.63) is 40.3 Å². The SMILES string of the molecule is CCCn1nc(C(=O)OCC(=O)NC2CCCCCCC2)c2ccccc2c1=O. The van der Waals surface area contributed by atoms with E-state index in [1.165, 1.54) is 23.9 Å². The van der Waals surface area contributed by atoms with Crippen molar-refractivity contribution in [3.8, 4) is 0 Å². The van der Waals surface area contributed by atoms with E-state index in [2.05, 4.69) is 10.4 Å². The van der Waals surface area contributed by atoms with Gasteiger partial charge >= 0.3 is 5.97 Å². The molecule has 1 N–H and O–H groups in total. The van der Waals surface area contributed by atoms with Crippen LogP contribution in [0.25, 0.3) is 10.8 Å². The lowest BCUT2D eigenvalue weighted by atomic mass is 9.97. The largest absolute Gasteiger partial charge is 0.451 e. The van der Waals surface area contributed by atoms with Gasteiger partial charge < -0.3 is 10.1 Å². The Kier molecular flexibility index (Phi) is 7.38. The third-order valence-corrected chi connectivity index (χ3v) is 5.30. The molecule has 7 nitrogen and oxygen atoms in total. The maximum Gasteiger partial charge on any atom is 0.359 e. The molecule has 1 aliphatic rings. The molecular weight excluding hydrogens is 370 g/mol. The average molecular weight is 399 g/mol. The molecule has 0 unspecified atom stereocenters. The Balaban J connectivity index is 1.68. The van der Waals surface area contributed by atoms with Crippen LogP contribution in [-0.4, -0.2) is 34.3 Å². The van der Waals surface area contributed by atoms with Crippen LogP contribution in [-0.2, 0) is 16.1 Å². The van der Waals surface area contributed by atoms with Crippen molar-refractivity contribution in [1.82, 2.24) is 15.1 Å². The second kappa shape index (κ2) is 10.2. The zero-order chi connectivity index (χ0) is 20.6. The number of hydrogen-bond donors (Lipinski definition) is 1. The summed E-state index contributed by atoms with van der Waals surface area (Å²) in [7, 11) is 0. The lowest BCUT2D eigenvalue weighted by Gasteiger charge is -2.20. The van der Waals surface area contributed by atoms with Gasteiger partial charge in [0.15, 0.2) is 12.3 Å². The summed E-state index contributed by atoms with van der Waals surface area (Å²) in [6.07, 6.45) is 8.53. The van der Waals surface area contributed by atoms with Gasteiger partial charge in [-0.05, 0) is 25.3 Å². The van der Waals surface area contributed by atoms with Crippen LogP contribution in [0.1, 0.15) is 68.8 Å². The van der Waals surface area contributed by atoms with Crippen molar-refractivity contribution in [2.75, 3.05) is 6.61 Å². The van der Waals surface area contributed by atoms with Crippen molar-refractivity contribution >= 4 is 22.6 Å². The molecule has 1 aromatic heterocycles. The highest BCUT2D eigenvalue weighted by atomic mass is 16.5. The van der Waals surface area contributed by atoms with E-state index in [0.29, 0.717) is 23.7 Å². The molecule has 0 radical (unpaired) electrons. The zero-order valence-electron chi connectivity index (χ0n) is 17.0. The summed E-state index contributed by atoms with van der Waals surface area (Å²) in [5.74, 6) is -0.992. The topological polar surface area (TPSA) is 90.3 Å². The number of esters is 1. The summed E-state index contributed by atoms with van der Waals surface area (Å²) in [5.41, 5.74) is -0.173. The van der Waals surface area contributed by atoms with Crippen molar-refractivity contribution in [2.45, 2.75) is 70.9 Å². The smallest absolute Gasteiger partial charge is 0.359 e. The summed E-state index contributed by atoms with van der Waals surface area (Å²) in [6.45, 7) is 1.99. The van der Waals surface area contributed by atoms with Gasteiger partial charge in [0, 0.05) is 18.0 Å². The van der Waals surface area contributed by atoms with Gasteiger partial charge in [-0.2, -0.15) is 5.10 Å². The molecule has 29 heavy (non-hydrogen) atoms. The lowest BCUT2D eigenvalue weighted by molar-refractivity contribution is -0.125. The number of carbonyl (C=O) groups excluding carboxylic acids is 2. The third kappa shape index (κ3) is 5.43. The number of ether oxygens (including phenoxy) is 1. The van der Waals surface area contributed by atoms with Gasteiger partial charge in [0.05, 0.1) is 5.39 Å². The molecule has 1 amide bonds. The molecule has 156 valence electrons. The van der Waals surface area contributed by atoms with Gasteiger partial charge in [-0.3, -0.25) is 9.59 Å². The van der Waals surface area contributed by atoms with E-state index in [-0.39, 0.29) is 29.8 Å². The van der Waals surface area contributed by atoms with E-state index in [0.717, 1.165) is 25.7 Å². The first-order valence-electron chi connectivity index (χ1n) is 10.6. The van der Waals surface area contributed by atoms with Crippen LogP contribution in [0, 0.1) is 0 Å². The highest BCUT2D eigenvalue weighted by molar-refractivity contribution is 6.02. The predicted octanol–water partition coefficient (Wildman–Crippen LogP) is 3.19. The molecule has 1 fully saturated rings. The summed E-state index contributed by atoms with van der Waals surface area (Å²) in [6, 6.07) is 6.98. The first kappa shape index (κ1) is 21.0. The second-order valence-electron chi connectivity index (χ2n) is 7.61. The van der Waals surface area contributed by atoms with Crippen LogP contribution in [0.3, 0.4) is 0 Å². The molecule has 1 saturated carbocycles. The first-order valence-corrected chi connectivity index (χ1v) is 10.6. The summed E-state index contributed by atoms with van der Waals surface area (Å²) < 4.78 is 6.52. The van der Waals surface area contributed by atoms with Crippen LogP contribution >= 0.6 is 0 Å². The van der Waals surface area contributed by atoms with Crippen LogP contribution in [0.2, 0.25) is 0 Å². The van der Waals surface area contributed by atoms with E-state index in [1.807, 2.05) is 6.92 Å². The Labute approximate surface area is 170 Å². The number of benzene rings is 1. The number of fused-ring (bicyclic) bond motifs is 1. The van der Waals surface area contributed by atoms with Crippen molar-refractivity contribution in [1.29, 1.82) is 0 Å². The number of nitrogens with zero attached hydrogens (tertiary/aromatic N) is 2. The fraction of sp³-hybridized carbons (Fsp3) is 0.545. The van der Waals surface area contributed by atoms with Crippen molar-refractivity contribution in [2.24, 2.45) is 0 Å². The predicted molar refractivity (Wildman–Crippen MR) is 111 cm³/mol. The van der Waals surface area contributed by atoms with Gasteiger partial charge in [0.1, 0.15) is 0 Å². The second-order valence-corrected chi connectivity index (χ2v) is 7.61. The molecule has 2 aromatic rings. The van der Waals surface area contributed by atoms with Crippen LogP contribution in [0.4, 0.5) is 0 Å². The minimum absolute atomic E-state index is 0.0624. The van der Waals surface area contributed by atoms with Gasteiger partial charge in [-0.15, -0.1) is 0 Å². The van der Waals surface area contributed by atoms with E-state index < -0.39 is 5.97 Å². The molecule has 0 bridgehead atoms. The minimum Gasteiger partial charge on any atom is -0.451 e. The number of aromatic nitrogens is 2. The van der Waals surface area contributed by atoms with Crippen LogP contribution in [0.15, 0.2) is 29.1 Å². The molecule has 0 saturated heterocycles. The molecule has 0 spiro atoms. The van der Waals surface area contributed by atoms with Crippen LogP contribution < -0.4 is 10.9 Å². The molecule has 0 atom stereocenters. The summed E-state index contributed by atoms with van der Waals surface area (Å²) in [5, 5.41) is 8.04. The standard InChI is InChI=1S/C22H29N3O4/c1-2-14-25-21(27)18-13-9-8-12-17(18)20(24-25)22(28)29-15-19(26)23-16-10-6-4-3-5-7-11-16/h8-9,12-13,16H,2-7,10-11,14-15H2,1H3,(H,23,26). The fourth-order valence-corrected chi connectivity index (χ4v) is 3.82. The minimum atomic E-state index is -0.695. The van der Waals surface area contributed by atoms with Gasteiger partial charge in [0.25, 0.3) is 11.5 Å². The molecular formula is C22H29N3O4. The maximum absolute atomic E-state index is 12.6. The normalized spacial score (nSPS) is 15.5. The fourth-order valence-electron chi connectivity index (χ4n) is 3.82. The average Bonchev–Trinajstić information content (AvgIpc) is 2.70. The highest BCUT2D eigenvalue weighted by Gasteiger charge is 2.20. The molecule has 7 heteroatoms. The van der Waals surface area contributed by atoms with Crippen molar-refractivity contribution < 1.29 is 14.3 Å². The summed E-state index contributed by atoms with van der Waals surface area (Å²) in [4.78, 5) is 37.4. The highest BCUT2D eigenvalue weighted by Crippen LogP contribution is 2.17. The van der Waals surface area contributed by atoms with Crippen LogP contribution in [0.5, 0.6) is 0 Å². The molecule has 0 aliphatic heterocycles.